The molecule has 1 heterocycles. The number of anilines is 1. The van der Waals surface area contributed by atoms with E-state index in [4.69, 9.17) is 23.8 Å². The molecule has 0 saturated carbocycles. The number of hydrogen-bond acceptors (Lipinski definition) is 2. The third-order valence-corrected chi connectivity index (χ3v) is 4.16. The Morgan fingerprint density at radius 1 is 1.41 bits per heavy atom. The molecule has 0 aliphatic heterocycles. The Hall–Kier alpha value is -1.59. The van der Waals surface area contributed by atoms with E-state index in [0.29, 0.717) is 10.1 Å². The molecule has 2 rings (SSSR count). The summed E-state index contributed by atoms with van der Waals surface area (Å²) in [5.41, 5.74) is 4.31. The number of nitrogens with one attached hydrogen (secondary N) is 2. The first-order valence-electron chi connectivity index (χ1n) is 7.28. The van der Waals surface area contributed by atoms with Gasteiger partial charge in [-0.3, -0.25) is 4.68 Å². The summed E-state index contributed by atoms with van der Waals surface area (Å²) in [7, 11) is 0. The summed E-state index contributed by atoms with van der Waals surface area (Å²) >= 11 is 11.4. The molecular weight excluding hydrogens is 316 g/mol. The van der Waals surface area contributed by atoms with Gasteiger partial charge >= 0.3 is 0 Å². The van der Waals surface area contributed by atoms with E-state index in [1.807, 2.05) is 36.0 Å². The van der Waals surface area contributed by atoms with Crippen molar-refractivity contribution in [2.24, 2.45) is 0 Å². The van der Waals surface area contributed by atoms with Gasteiger partial charge in [-0.1, -0.05) is 17.7 Å². The highest BCUT2D eigenvalue weighted by Crippen LogP contribution is 2.21. The van der Waals surface area contributed by atoms with Crippen molar-refractivity contribution in [3.05, 3.63) is 46.2 Å². The zero-order valence-corrected chi connectivity index (χ0v) is 14.8. The fraction of sp³-hybridized carbons (Fsp3) is 0.375. The van der Waals surface area contributed by atoms with Gasteiger partial charge in [-0.05, 0) is 57.6 Å². The molecule has 2 N–H and O–H groups in total. The summed E-state index contributed by atoms with van der Waals surface area (Å²) in [6.45, 7) is 9.10. The zero-order valence-electron chi connectivity index (χ0n) is 13.3. The van der Waals surface area contributed by atoms with Crippen LogP contribution in [0.15, 0.2) is 24.4 Å². The number of aromatic nitrogens is 2. The van der Waals surface area contributed by atoms with Crippen LogP contribution in [0.3, 0.4) is 0 Å². The molecular formula is C16H21ClN4S. The van der Waals surface area contributed by atoms with E-state index in [9.17, 15) is 0 Å². The van der Waals surface area contributed by atoms with Crippen molar-refractivity contribution in [2.75, 3.05) is 5.32 Å². The Morgan fingerprint density at radius 3 is 2.77 bits per heavy atom. The highest BCUT2D eigenvalue weighted by Gasteiger charge is 2.14. The summed E-state index contributed by atoms with van der Waals surface area (Å²) in [6.07, 6.45) is 1.89. The standard InChI is InChI=1S/C16H21ClN4S/c1-5-21-12(4)14(9-18-21)11(3)19-16(22)20-15-8-13(17)7-6-10(15)2/h6-9,11H,5H2,1-4H3,(H2,19,20,22). The third-order valence-electron chi connectivity index (χ3n) is 3.70. The zero-order chi connectivity index (χ0) is 16.3. The highest BCUT2D eigenvalue weighted by molar-refractivity contribution is 7.80. The van der Waals surface area contributed by atoms with Crippen molar-refractivity contribution >= 4 is 34.6 Å². The second-order valence-corrected chi connectivity index (χ2v) is 6.13. The van der Waals surface area contributed by atoms with E-state index in [2.05, 4.69) is 36.5 Å². The summed E-state index contributed by atoms with van der Waals surface area (Å²) in [5.74, 6) is 0. The second-order valence-electron chi connectivity index (χ2n) is 5.28. The monoisotopic (exact) mass is 336 g/mol. The van der Waals surface area contributed by atoms with E-state index in [0.717, 1.165) is 29.1 Å². The van der Waals surface area contributed by atoms with E-state index in [1.165, 1.54) is 0 Å². The number of benzene rings is 1. The average molecular weight is 337 g/mol. The molecule has 1 aromatic carbocycles. The van der Waals surface area contributed by atoms with Gasteiger partial charge in [0.25, 0.3) is 0 Å². The minimum Gasteiger partial charge on any atom is -0.356 e. The van der Waals surface area contributed by atoms with Crippen molar-refractivity contribution in [1.29, 1.82) is 0 Å². The van der Waals surface area contributed by atoms with Crippen LogP contribution in [0.5, 0.6) is 0 Å². The van der Waals surface area contributed by atoms with Crippen LogP contribution in [0.25, 0.3) is 0 Å². The van der Waals surface area contributed by atoms with Crippen molar-refractivity contribution < 1.29 is 0 Å². The summed E-state index contributed by atoms with van der Waals surface area (Å²) in [5, 5.41) is 12.1. The molecule has 0 bridgehead atoms. The van der Waals surface area contributed by atoms with Crippen LogP contribution in [0.4, 0.5) is 5.69 Å². The number of thiocarbonyl (C=S) groups is 1. The lowest BCUT2D eigenvalue weighted by atomic mass is 10.1. The van der Waals surface area contributed by atoms with Gasteiger partial charge in [0.1, 0.15) is 0 Å². The molecule has 22 heavy (non-hydrogen) atoms. The van der Waals surface area contributed by atoms with Crippen LogP contribution in [-0.4, -0.2) is 14.9 Å². The second kappa shape index (κ2) is 7.11. The first-order valence-corrected chi connectivity index (χ1v) is 8.07. The molecule has 6 heteroatoms. The first-order chi connectivity index (χ1) is 10.4. The molecule has 0 radical (unpaired) electrons. The fourth-order valence-corrected chi connectivity index (χ4v) is 2.83. The first kappa shape index (κ1) is 16.8. The SMILES string of the molecule is CCn1ncc(C(C)NC(=S)Nc2cc(Cl)ccc2C)c1C. The fourth-order valence-electron chi connectivity index (χ4n) is 2.37. The Labute approximate surface area is 141 Å². The molecule has 0 aliphatic carbocycles. The Bertz CT molecular complexity index is 681. The molecule has 0 aliphatic rings. The summed E-state index contributed by atoms with van der Waals surface area (Å²) in [6, 6.07) is 5.78. The Balaban J connectivity index is 2.05. The minimum absolute atomic E-state index is 0.0831. The molecule has 4 nitrogen and oxygen atoms in total. The number of aryl methyl sites for hydroxylation is 2. The van der Waals surface area contributed by atoms with Crippen molar-refractivity contribution in [3.8, 4) is 0 Å². The predicted molar refractivity (Wildman–Crippen MR) is 96.6 cm³/mol. The van der Waals surface area contributed by atoms with Gasteiger partial charge in [0.15, 0.2) is 5.11 Å². The minimum atomic E-state index is 0.0831. The lowest BCUT2D eigenvalue weighted by molar-refractivity contribution is 0.633. The number of nitrogens with zero attached hydrogens (tertiary/aromatic N) is 2. The van der Waals surface area contributed by atoms with Gasteiger partial charge in [-0.25, -0.2) is 0 Å². The lowest BCUT2D eigenvalue weighted by Gasteiger charge is -2.18. The number of hydrogen-bond donors (Lipinski definition) is 2. The van der Waals surface area contributed by atoms with Gasteiger partial charge in [-0.15, -0.1) is 0 Å². The molecule has 2 aromatic rings. The van der Waals surface area contributed by atoms with Gasteiger partial charge in [0.05, 0.1) is 12.2 Å². The number of halogens is 1. The lowest BCUT2D eigenvalue weighted by Crippen LogP contribution is -2.31. The normalized spacial score (nSPS) is 12.0. The summed E-state index contributed by atoms with van der Waals surface area (Å²) < 4.78 is 1.98. The summed E-state index contributed by atoms with van der Waals surface area (Å²) in [4.78, 5) is 0. The molecule has 1 aromatic heterocycles. The number of rotatable bonds is 4. The molecule has 1 atom stereocenters. The maximum absolute atomic E-state index is 6.03. The average Bonchev–Trinajstić information content (AvgIpc) is 2.83. The van der Waals surface area contributed by atoms with Gasteiger partial charge < -0.3 is 10.6 Å². The highest BCUT2D eigenvalue weighted by atomic mass is 35.5. The van der Waals surface area contributed by atoms with Gasteiger partial charge in [0, 0.05) is 28.5 Å². The maximum atomic E-state index is 6.03. The van der Waals surface area contributed by atoms with E-state index in [-0.39, 0.29) is 6.04 Å². The van der Waals surface area contributed by atoms with Crippen LogP contribution in [-0.2, 0) is 6.54 Å². The van der Waals surface area contributed by atoms with Crippen molar-refractivity contribution in [1.82, 2.24) is 15.1 Å². The van der Waals surface area contributed by atoms with E-state index in [1.54, 1.807) is 0 Å². The van der Waals surface area contributed by atoms with Crippen LogP contribution >= 0.6 is 23.8 Å². The van der Waals surface area contributed by atoms with E-state index < -0.39 is 0 Å². The topological polar surface area (TPSA) is 41.9 Å². The van der Waals surface area contributed by atoms with Crippen LogP contribution in [0.2, 0.25) is 5.02 Å². The molecule has 0 spiro atoms. The molecule has 0 saturated heterocycles. The third kappa shape index (κ3) is 3.78. The molecule has 118 valence electrons. The Kier molecular flexibility index (Phi) is 5.42. The van der Waals surface area contributed by atoms with E-state index >= 15 is 0 Å². The molecule has 1 unspecified atom stereocenters. The van der Waals surface area contributed by atoms with Crippen molar-refractivity contribution in [3.63, 3.8) is 0 Å². The molecule has 0 fully saturated rings. The largest absolute Gasteiger partial charge is 0.356 e. The van der Waals surface area contributed by atoms with Gasteiger partial charge in [0.2, 0.25) is 0 Å². The van der Waals surface area contributed by atoms with Crippen LogP contribution in [0, 0.1) is 13.8 Å². The van der Waals surface area contributed by atoms with Crippen LogP contribution < -0.4 is 10.6 Å². The van der Waals surface area contributed by atoms with Crippen LogP contribution in [0.1, 0.15) is 36.7 Å². The predicted octanol–water partition coefficient (Wildman–Crippen LogP) is 4.22. The quantitative estimate of drug-likeness (QED) is 0.820. The van der Waals surface area contributed by atoms with Gasteiger partial charge in [-0.2, -0.15) is 5.10 Å². The smallest absolute Gasteiger partial charge is 0.171 e. The maximum Gasteiger partial charge on any atom is 0.171 e. The molecule has 0 amide bonds. The Morgan fingerprint density at radius 2 is 2.14 bits per heavy atom. The van der Waals surface area contributed by atoms with Crippen molar-refractivity contribution in [2.45, 2.75) is 40.3 Å².